The van der Waals surface area contributed by atoms with Crippen molar-refractivity contribution in [1.29, 1.82) is 0 Å². The lowest BCUT2D eigenvalue weighted by atomic mass is 10.1. The molecular weight excluding hydrogens is 390 g/mol. The van der Waals surface area contributed by atoms with Gasteiger partial charge >= 0.3 is 6.03 Å². The van der Waals surface area contributed by atoms with Gasteiger partial charge in [0.2, 0.25) is 0 Å². The Morgan fingerprint density at radius 1 is 1.17 bits per heavy atom. The summed E-state index contributed by atoms with van der Waals surface area (Å²) < 4.78 is 29.1. The van der Waals surface area contributed by atoms with Crippen molar-refractivity contribution in [2.45, 2.75) is 6.42 Å². The van der Waals surface area contributed by atoms with Crippen LogP contribution >= 0.6 is 0 Å². The minimum Gasteiger partial charge on any atom is -0.382 e. The predicted octanol–water partition coefficient (Wildman–Crippen LogP) is 3.47. The fourth-order valence-electron chi connectivity index (χ4n) is 2.94. The molecule has 30 heavy (non-hydrogen) atoms. The van der Waals surface area contributed by atoms with Gasteiger partial charge in [0.1, 0.15) is 28.7 Å². The number of hydrogen-bond acceptors (Lipinski definition) is 4. The summed E-state index contributed by atoms with van der Waals surface area (Å²) >= 11 is 0. The lowest BCUT2D eigenvalue weighted by molar-refractivity contribution is 0.251. The van der Waals surface area contributed by atoms with E-state index in [0.717, 1.165) is 35.8 Å². The van der Waals surface area contributed by atoms with Crippen LogP contribution in [0.3, 0.4) is 0 Å². The monoisotopic (exact) mass is 414 g/mol. The number of nitrogens with zero attached hydrogens (tertiary/aromatic N) is 3. The number of nitrogens with two attached hydrogens (primary N) is 1. The highest BCUT2D eigenvalue weighted by Crippen LogP contribution is 2.34. The lowest BCUT2D eigenvalue weighted by Gasteiger charge is -2.11. The fourth-order valence-corrected chi connectivity index (χ4v) is 2.94. The zero-order valence-electron chi connectivity index (χ0n) is 16.8. The first-order valence-electron chi connectivity index (χ1n) is 9.45. The van der Waals surface area contributed by atoms with Crippen molar-refractivity contribution in [2.24, 2.45) is 0 Å². The third-order valence-corrected chi connectivity index (χ3v) is 4.41. The SMILES string of the molecule is CN(C)CCCNC(=O)Nc1c(-c2ccccc2)nn(-c2cc(F)ccc2F)c1N. The Balaban J connectivity index is 1.94. The van der Waals surface area contributed by atoms with Gasteiger partial charge in [-0.15, -0.1) is 0 Å². The summed E-state index contributed by atoms with van der Waals surface area (Å²) in [5, 5.41) is 9.82. The number of nitrogen functional groups attached to an aromatic ring is 1. The van der Waals surface area contributed by atoms with Crippen molar-refractivity contribution in [1.82, 2.24) is 20.0 Å². The summed E-state index contributed by atoms with van der Waals surface area (Å²) in [6.45, 7) is 1.30. The van der Waals surface area contributed by atoms with Gasteiger partial charge in [0.25, 0.3) is 0 Å². The number of anilines is 2. The van der Waals surface area contributed by atoms with Crippen molar-refractivity contribution in [3.8, 4) is 16.9 Å². The van der Waals surface area contributed by atoms with Crippen LogP contribution < -0.4 is 16.4 Å². The van der Waals surface area contributed by atoms with Gasteiger partial charge in [-0.2, -0.15) is 5.10 Å². The zero-order valence-corrected chi connectivity index (χ0v) is 16.8. The van der Waals surface area contributed by atoms with E-state index < -0.39 is 17.7 Å². The average Bonchev–Trinajstić information content (AvgIpc) is 3.04. The number of nitrogens with one attached hydrogen (secondary N) is 2. The molecule has 0 radical (unpaired) electrons. The molecule has 3 aromatic rings. The van der Waals surface area contributed by atoms with Crippen molar-refractivity contribution in [3.63, 3.8) is 0 Å². The second kappa shape index (κ2) is 9.36. The number of carbonyl (C=O) groups excluding carboxylic acids is 1. The number of amides is 2. The maximum Gasteiger partial charge on any atom is 0.319 e. The van der Waals surface area contributed by atoms with E-state index in [2.05, 4.69) is 15.7 Å². The first kappa shape index (κ1) is 21.3. The van der Waals surface area contributed by atoms with Crippen LogP contribution in [0.4, 0.5) is 25.1 Å². The number of aromatic nitrogens is 2. The molecule has 1 heterocycles. The molecular formula is C21H24F2N6O. The van der Waals surface area contributed by atoms with Gasteiger partial charge in [-0.3, -0.25) is 0 Å². The summed E-state index contributed by atoms with van der Waals surface area (Å²) in [5.74, 6) is -1.33. The second-order valence-corrected chi connectivity index (χ2v) is 7.02. The number of carbonyl (C=O) groups is 1. The van der Waals surface area contributed by atoms with E-state index in [1.807, 2.05) is 25.1 Å². The molecule has 158 valence electrons. The van der Waals surface area contributed by atoms with Crippen LogP contribution in [0.15, 0.2) is 48.5 Å². The normalized spacial score (nSPS) is 11.0. The van der Waals surface area contributed by atoms with Gasteiger partial charge in [-0.05, 0) is 39.2 Å². The van der Waals surface area contributed by atoms with Gasteiger partial charge in [0.15, 0.2) is 5.82 Å². The van der Waals surface area contributed by atoms with Crippen LogP contribution in [-0.4, -0.2) is 47.9 Å². The first-order valence-corrected chi connectivity index (χ1v) is 9.45. The Labute approximate surface area is 173 Å². The van der Waals surface area contributed by atoms with Crippen LogP contribution in [0.2, 0.25) is 0 Å². The molecule has 0 saturated heterocycles. The van der Waals surface area contributed by atoms with Crippen LogP contribution in [0.1, 0.15) is 6.42 Å². The van der Waals surface area contributed by atoms with Crippen LogP contribution in [0.5, 0.6) is 0 Å². The molecule has 1 aromatic heterocycles. The Bertz CT molecular complexity index is 1020. The maximum atomic E-state index is 14.3. The smallest absolute Gasteiger partial charge is 0.319 e. The molecule has 0 atom stereocenters. The van der Waals surface area contributed by atoms with Crippen LogP contribution in [-0.2, 0) is 0 Å². The summed E-state index contributed by atoms with van der Waals surface area (Å²) in [5.41, 5.74) is 7.28. The Kier molecular flexibility index (Phi) is 6.63. The highest BCUT2D eigenvalue weighted by atomic mass is 19.1. The van der Waals surface area contributed by atoms with E-state index >= 15 is 0 Å². The number of hydrogen-bond donors (Lipinski definition) is 3. The van der Waals surface area contributed by atoms with E-state index in [9.17, 15) is 13.6 Å². The van der Waals surface area contributed by atoms with E-state index in [1.54, 1.807) is 24.3 Å². The van der Waals surface area contributed by atoms with Crippen LogP contribution in [0, 0.1) is 11.6 Å². The van der Waals surface area contributed by atoms with Gasteiger partial charge in [0.05, 0.1) is 0 Å². The lowest BCUT2D eigenvalue weighted by Crippen LogP contribution is -2.31. The van der Waals surface area contributed by atoms with E-state index in [0.29, 0.717) is 17.8 Å². The topological polar surface area (TPSA) is 88.2 Å². The standard InChI is InChI=1S/C21H24F2N6O/c1-28(2)12-6-11-25-21(30)26-19-18(14-7-4-3-5-8-14)27-29(20(19)24)17-13-15(22)9-10-16(17)23/h3-5,7-10,13H,6,11-12,24H2,1-2H3,(H2,25,26,30). The van der Waals surface area contributed by atoms with Gasteiger partial charge < -0.3 is 21.3 Å². The van der Waals surface area contributed by atoms with Gasteiger partial charge in [-0.25, -0.2) is 18.3 Å². The Morgan fingerprint density at radius 3 is 2.60 bits per heavy atom. The number of urea groups is 1. The van der Waals surface area contributed by atoms with Crippen molar-refractivity contribution in [2.75, 3.05) is 38.2 Å². The Hall–Kier alpha value is -3.46. The number of benzene rings is 2. The summed E-state index contributed by atoms with van der Waals surface area (Å²) in [4.78, 5) is 14.4. The number of halogens is 2. The third kappa shape index (κ3) is 4.93. The minimum atomic E-state index is -0.690. The molecule has 7 nitrogen and oxygen atoms in total. The highest BCUT2D eigenvalue weighted by molar-refractivity contribution is 5.97. The molecule has 4 N–H and O–H groups in total. The average molecular weight is 414 g/mol. The molecule has 0 aliphatic heterocycles. The predicted molar refractivity (Wildman–Crippen MR) is 114 cm³/mol. The van der Waals surface area contributed by atoms with Crippen molar-refractivity contribution >= 4 is 17.5 Å². The molecule has 0 aliphatic rings. The second-order valence-electron chi connectivity index (χ2n) is 7.02. The summed E-state index contributed by atoms with van der Waals surface area (Å²) in [6.07, 6.45) is 0.773. The fraction of sp³-hybridized carbons (Fsp3) is 0.238. The molecule has 0 spiro atoms. The highest BCUT2D eigenvalue weighted by Gasteiger charge is 2.22. The minimum absolute atomic E-state index is 0.0122. The molecule has 3 rings (SSSR count). The summed E-state index contributed by atoms with van der Waals surface area (Å²) in [7, 11) is 3.90. The van der Waals surface area contributed by atoms with Gasteiger partial charge in [0, 0.05) is 18.2 Å². The first-order chi connectivity index (χ1) is 14.4. The van der Waals surface area contributed by atoms with E-state index in [-0.39, 0.29) is 17.2 Å². The molecule has 2 amide bonds. The molecule has 9 heteroatoms. The molecule has 0 aliphatic carbocycles. The van der Waals surface area contributed by atoms with E-state index in [1.165, 1.54) is 0 Å². The molecule has 0 saturated carbocycles. The third-order valence-electron chi connectivity index (χ3n) is 4.41. The summed E-state index contributed by atoms with van der Waals surface area (Å²) in [6, 6.07) is 11.6. The molecule has 0 bridgehead atoms. The Morgan fingerprint density at radius 2 is 1.90 bits per heavy atom. The zero-order chi connectivity index (χ0) is 21.7. The van der Waals surface area contributed by atoms with Crippen LogP contribution in [0.25, 0.3) is 16.9 Å². The van der Waals surface area contributed by atoms with Crippen molar-refractivity contribution in [3.05, 3.63) is 60.2 Å². The number of rotatable bonds is 7. The maximum absolute atomic E-state index is 14.3. The molecule has 2 aromatic carbocycles. The van der Waals surface area contributed by atoms with Crippen molar-refractivity contribution < 1.29 is 13.6 Å². The molecule has 0 unspecified atom stereocenters. The van der Waals surface area contributed by atoms with Gasteiger partial charge in [-0.1, -0.05) is 30.3 Å². The quantitative estimate of drug-likeness (QED) is 0.517. The largest absolute Gasteiger partial charge is 0.382 e. The molecule has 0 fully saturated rings. The van der Waals surface area contributed by atoms with E-state index in [4.69, 9.17) is 5.73 Å².